The minimum absolute atomic E-state index is 0. The van der Waals surface area contributed by atoms with Gasteiger partial charge in [0.1, 0.15) is 0 Å². The van der Waals surface area contributed by atoms with Crippen molar-refractivity contribution >= 4 is 7.82 Å². The summed E-state index contributed by atoms with van der Waals surface area (Å²) in [6.07, 6.45) is 0. The molecule has 0 rings (SSSR count). The molecule has 0 atom stereocenters. The first kappa shape index (κ1) is 108. The van der Waals surface area contributed by atoms with E-state index >= 15 is 0 Å². The van der Waals surface area contributed by atoms with E-state index < -0.39 is 7.82 Å². The number of hydrogen-bond donors (Lipinski definition) is 3. The summed E-state index contributed by atoms with van der Waals surface area (Å²) in [4.78, 5) is 21.6. The van der Waals surface area contributed by atoms with Crippen molar-refractivity contribution in [1.29, 1.82) is 0 Å². The summed E-state index contributed by atoms with van der Waals surface area (Å²) < 4.78 is 8.88. The van der Waals surface area contributed by atoms with E-state index in [1.807, 2.05) is 0 Å². The van der Waals surface area contributed by atoms with Crippen molar-refractivity contribution in [2.45, 2.75) is 0 Å². The molecule has 17 N–H and O–H groups in total. The van der Waals surface area contributed by atoms with E-state index in [0.29, 0.717) is 0 Å². The minimum atomic E-state index is -4.64. The van der Waals surface area contributed by atoms with Gasteiger partial charge >= 0.3 is 7.82 Å². The monoisotopic (exact) mass is 280 g/mol. The Morgan fingerprint density at radius 2 is 0.615 bits per heavy atom. The Labute approximate surface area is 83.3 Å². The zero-order valence-corrected chi connectivity index (χ0v) is 8.05. The first-order valence-electron chi connectivity index (χ1n) is 0.783. The Kier molecular flexibility index (Phi) is 327. The fourth-order valence-electron chi connectivity index (χ4n) is 0. The summed E-state index contributed by atoms with van der Waals surface area (Å²) in [5.41, 5.74) is 0. The van der Waals surface area contributed by atoms with Crippen molar-refractivity contribution in [2.24, 2.45) is 0 Å². The van der Waals surface area contributed by atoms with E-state index in [1.54, 1.807) is 0 Å². The van der Waals surface area contributed by atoms with Crippen molar-refractivity contribution in [3.8, 4) is 0 Å². The molecule has 0 bridgehead atoms. The zero-order chi connectivity index (χ0) is 4.50. The van der Waals surface area contributed by atoms with Crippen molar-refractivity contribution in [2.75, 3.05) is 0 Å². The molecule has 13 heteroatoms. The predicted molar refractivity (Wildman–Crippen MR) is 39.6 cm³/mol. The van der Waals surface area contributed by atoms with E-state index in [0.717, 1.165) is 0 Å². The van der Waals surface area contributed by atoms with Crippen molar-refractivity contribution < 1.29 is 74.6 Å². The SMILES string of the molecule is O.O.O.O.O.O.O.O=P(O)(O)O.[Fe]. The molecule has 0 unspecified atom stereocenters. The summed E-state index contributed by atoms with van der Waals surface area (Å²) in [7, 11) is -4.64. The molecule has 0 spiro atoms. The van der Waals surface area contributed by atoms with Crippen LogP contribution in [0, 0.1) is 0 Å². The molecule has 0 saturated carbocycles. The average molecular weight is 280 g/mol. The Morgan fingerprint density at radius 1 is 0.615 bits per heavy atom. The third-order valence-corrected chi connectivity index (χ3v) is 0. The molecule has 0 saturated heterocycles. The molecular weight excluding hydrogens is 263 g/mol. The first-order chi connectivity index (χ1) is 2.00. The van der Waals surface area contributed by atoms with Gasteiger partial charge in [-0.25, -0.2) is 4.57 Å². The smallest absolute Gasteiger partial charge is 0.412 e. The molecule has 0 aliphatic rings. The van der Waals surface area contributed by atoms with Crippen LogP contribution >= 0.6 is 7.82 Å². The van der Waals surface area contributed by atoms with Gasteiger partial charge in [-0.1, -0.05) is 0 Å². The van der Waals surface area contributed by atoms with Crippen LogP contribution < -0.4 is 0 Å². The maximum absolute atomic E-state index is 8.88. The molecular formula is H17FeO11P. The van der Waals surface area contributed by atoms with Crippen LogP contribution in [-0.2, 0) is 21.6 Å². The minimum Gasteiger partial charge on any atom is -0.412 e. The van der Waals surface area contributed by atoms with Crippen LogP contribution in [0.25, 0.3) is 0 Å². The van der Waals surface area contributed by atoms with Crippen LogP contribution in [0.1, 0.15) is 0 Å². The number of hydrogen-bond acceptors (Lipinski definition) is 1. The molecule has 0 aromatic rings. The van der Waals surface area contributed by atoms with Crippen LogP contribution in [0.15, 0.2) is 0 Å². The van der Waals surface area contributed by atoms with Crippen molar-refractivity contribution in [1.82, 2.24) is 0 Å². The van der Waals surface area contributed by atoms with Gasteiger partial charge in [0.05, 0.1) is 0 Å². The van der Waals surface area contributed by atoms with Gasteiger partial charge in [0, 0.05) is 17.1 Å². The molecule has 0 aliphatic heterocycles. The second-order valence-electron chi connectivity index (χ2n) is 0.513. The average Bonchev–Trinajstić information content (AvgIpc) is 0.722. The van der Waals surface area contributed by atoms with Gasteiger partial charge in [0.25, 0.3) is 0 Å². The Balaban J connectivity index is -0.00000000286. The summed E-state index contributed by atoms with van der Waals surface area (Å²) in [6, 6.07) is 0. The second kappa shape index (κ2) is 39.5. The predicted octanol–water partition coefficient (Wildman–Crippen LogP) is -6.70. The van der Waals surface area contributed by atoms with Crippen molar-refractivity contribution in [3.63, 3.8) is 0 Å². The molecule has 0 aromatic carbocycles. The topological polar surface area (TPSA) is 298 Å². The summed E-state index contributed by atoms with van der Waals surface area (Å²) in [5, 5.41) is 0. The van der Waals surface area contributed by atoms with E-state index in [-0.39, 0.29) is 55.4 Å². The van der Waals surface area contributed by atoms with Gasteiger partial charge in [-0.2, -0.15) is 0 Å². The van der Waals surface area contributed by atoms with Gasteiger partial charge in [0.2, 0.25) is 0 Å². The first-order valence-corrected chi connectivity index (χ1v) is 2.35. The van der Waals surface area contributed by atoms with E-state index in [9.17, 15) is 0 Å². The van der Waals surface area contributed by atoms with Gasteiger partial charge in [-0.15, -0.1) is 0 Å². The molecule has 0 amide bonds. The fourth-order valence-corrected chi connectivity index (χ4v) is 0. The molecule has 13 heavy (non-hydrogen) atoms. The maximum Gasteiger partial charge on any atom is 0.466 e. The third-order valence-electron chi connectivity index (χ3n) is 0. The Morgan fingerprint density at radius 3 is 0.615 bits per heavy atom. The van der Waals surface area contributed by atoms with Crippen LogP contribution in [0.3, 0.4) is 0 Å². The number of phosphoric acid groups is 1. The quantitative estimate of drug-likeness (QED) is 0.287. The Hall–Kier alpha value is 0.349. The maximum atomic E-state index is 8.88. The van der Waals surface area contributed by atoms with Crippen LogP contribution in [0.5, 0.6) is 0 Å². The van der Waals surface area contributed by atoms with Gasteiger partial charge in [-0.3, -0.25) is 0 Å². The van der Waals surface area contributed by atoms with E-state index in [1.165, 1.54) is 0 Å². The van der Waals surface area contributed by atoms with Crippen molar-refractivity contribution in [3.05, 3.63) is 0 Å². The largest absolute Gasteiger partial charge is 0.466 e. The van der Waals surface area contributed by atoms with E-state index in [4.69, 9.17) is 19.2 Å². The molecule has 0 radical (unpaired) electrons. The summed E-state index contributed by atoms with van der Waals surface area (Å²) >= 11 is 0. The zero-order valence-electron chi connectivity index (χ0n) is 6.05. The molecule has 96 valence electrons. The Bertz CT molecular complexity index is 56.2. The number of rotatable bonds is 0. The van der Waals surface area contributed by atoms with Gasteiger partial charge in [-0.05, 0) is 0 Å². The van der Waals surface area contributed by atoms with Crippen LogP contribution in [0.2, 0.25) is 0 Å². The molecule has 11 nitrogen and oxygen atoms in total. The molecule has 0 heterocycles. The standard InChI is InChI=1S/Fe.H3O4P.7H2O/c;1-5(2,3)4;;;;;;;/h;(H3,1,2,3,4);7*1H2. The molecule has 0 aliphatic carbocycles. The fraction of sp³-hybridized carbons (Fsp3) is 0. The van der Waals surface area contributed by atoms with E-state index in [2.05, 4.69) is 0 Å². The normalized spacial score (nSPS) is 4.54. The summed E-state index contributed by atoms with van der Waals surface area (Å²) in [5.74, 6) is 0. The second-order valence-corrected chi connectivity index (χ2v) is 1.54. The van der Waals surface area contributed by atoms with Crippen LogP contribution in [-0.4, -0.2) is 53.0 Å². The molecule has 0 aromatic heterocycles. The molecule has 0 fully saturated rings. The van der Waals surface area contributed by atoms with Crippen LogP contribution in [0.4, 0.5) is 0 Å². The summed E-state index contributed by atoms with van der Waals surface area (Å²) in [6.45, 7) is 0. The van der Waals surface area contributed by atoms with Gasteiger partial charge < -0.3 is 53.0 Å². The van der Waals surface area contributed by atoms with Gasteiger partial charge in [0.15, 0.2) is 0 Å². The third kappa shape index (κ3) is 10800.